The van der Waals surface area contributed by atoms with Gasteiger partial charge in [-0.15, -0.1) is 12.4 Å². The minimum Gasteiger partial charge on any atom is -0.350 e. The standard InChI is InChI=1S/C16H23N3O2.ClH/c1-11(18-15(20)4-3-9-17-2)12-5-7-14-13(10-12)6-8-16(21)19-14;/h5,7,10-11,17H,3-4,6,8-9H2,1-2H3,(H,18,20)(H,19,21);1H. The largest absolute Gasteiger partial charge is 0.350 e. The van der Waals surface area contributed by atoms with E-state index in [2.05, 4.69) is 22.0 Å². The van der Waals surface area contributed by atoms with E-state index >= 15 is 0 Å². The molecule has 0 saturated carbocycles. The molecule has 3 N–H and O–H groups in total. The highest BCUT2D eigenvalue weighted by molar-refractivity contribution is 5.93. The van der Waals surface area contributed by atoms with Crippen LogP contribution >= 0.6 is 12.4 Å². The van der Waals surface area contributed by atoms with Crippen LogP contribution < -0.4 is 16.0 Å². The fraction of sp³-hybridized carbons (Fsp3) is 0.500. The van der Waals surface area contributed by atoms with Crippen LogP contribution in [-0.2, 0) is 16.0 Å². The van der Waals surface area contributed by atoms with E-state index in [0.717, 1.165) is 36.2 Å². The molecular formula is C16H24ClN3O2. The molecule has 6 heteroatoms. The van der Waals surface area contributed by atoms with Crippen LogP contribution in [0.3, 0.4) is 0 Å². The summed E-state index contributed by atoms with van der Waals surface area (Å²) in [5.74, 6) is 0.143. The maximum absolute atomic E-state index is 11.8. The number of nitrogens with one attached hydrogen (secondary N) is 3. The predicted octanol–water partition coefficient (Wildman–Crippen LogP) is 2.17. The SMILES string of the molecule is CNCCCC(=O)NC(C)c1ccc2c(c1)CCC(=O)N2.Cl. The number of fused-ring (bicyclic) bond motifs is 1. The van der Waals surface area contributed by atoms with Crippen molar-refractivity contribution in [2.24, 2.45) is 0 Å². The minimum atomic E-state index is -0.0185. The van der Waals surface area contributed by atoms with Crippen molar-refractivity contribution in [1.82, 2.24) is 10.6 Å². The lowest BCUT2D eigenvalue weighted by molar-refractivity contribution is -0.121. The van der Waals surface area contributed by atoms with Crippen LogP contribution in [0, 0.1) is 0 Å². The second-order valence-corrected chi connectivity index (χ2v) is 5.46. The number of carbonyl (C=O) groups excluding carboxylic acids is 2. The van der Waals surface area contributed by atoms with E-state index in [1.165, 1.54) is 0 Å². The quantitative estimate of drug-likeness (QED) is 0.702. The number of halogens is 1. The minimum absolute atomic E-state index is 0. The van der Waals surface area contributed by atoms with Crippen LogP contribution in [0.4, 0.5) is 5.69 Å². The van der Waals surface area contributed by atoms with Crippen molar-refractivity contribution in [2.45, 2.75) is 38.6 Å². The Hall–Kier alpha value is -1.59. The Morgan fingerprint density at radius 1 is 1.36 bits per heavy atom. The van der Waals surface area contributed by atoms with Gasteiger partial charge in [0.15, 0.2) is 0 Å². The number of anilines is 1. The summed E-state index contributed by atoms with van der Waals surface area (Å²) in [5, 5.41) is 8.92. The van der Waals surface area contributed by atoms with Crippen molar-refractivity contribution in [3.05, 3.63) is 29.3 Å². The van der Waals surface area contributed by atoms with E-state index in [0.29, 0.717) is 12.8 Å². The van der Waals surface area contributed by atoms with Gasteiger partial charge in [-0.2, -0.15) is 0 Å². The Bertz CT molecular complexity index is 534. The second kappa shape index (κ2) is 8.76. The number of carbonyl (C=O) groups is 2. The summed E-state index contributed by atoms with van der Waals surface area (Å²) >= 11 is 0. The first-order valence-corrected chi connectivity index (χ1v) is 7.47. The molecule has 2 rings (SSSR count). The van der Waals surface area contributed by atoms with Gasteiger partial charge < -0.3 is 16.0 Å². The van der Waals surface area contributed by atoms with Crippen molar-refractivity contribution in [2.75, 3.05) is 18.9 Å². The van der Waals surface area contributed by atoms with Gasteiger partial charge in [-0.3, -0.25) is 9.59 Å². The molecule has 0 saturated heterocycles. The molecule has 5 nitrogen and oxygen atoms in total. The molecule has 122 valence electrons. The van der Waals surface area contributed by atoms with Crippen LogP contribution in [0.25, 0.3) is 0 Å². The van der Waals surface area contributed by atoms with Gasteiger partial charge in [-0.1, -0.05) is 12.1 Å². The van der Waals surface area contributed by atoms with E-state index in [4.69, 9.17) is 0 Å². The number of benzene rings is 1. The lowest BCUT2D eigenvalue weighted by Crippen LogP contribution is -2.27. The van der Waals surface area contributed by atoms with E-state index in [-0.39, 0.29) is 30.3 Å². The van der Waals surface area contributed by atoms with Crippen molar-refractivity contribution in [3.63, 3.8) is 0 Å². The zero-order valence-electron chi connectivity index (χ0n) is 13.1. The molecule has 1 unspecified atom stereocenters. The average molecular weight is 326 g/mol. The second-order valence-electron chi connectivity index (χ2n) is 5.46. The first-order valence-electron chi connectivity index (χ1n) is 7.47. The molecule has 1 aromatic carbocycles. The predicted molar refractivity (Wildman–Crippen MR) is 90.4 cm³/mol. The maximum atomic E-state index is 11.8. The Kier molecular flexibility index (Phi) is 7.35. The summed E-state index contributed by atoms with van der Waals surface area (Å²) in [6.07, 6.45) is 2.66. The van der Waals surface area contributed by atoms with E-state index in [9.17, 15) is 9.59 Å². The number of rotatable bonds is 6. The van der Waals surface area contributed by atoms with Crippen LogP contribution in [0.2, 0.25) is 0 Å². The third-order valence-corrected chi connectivity index (χ3v) is 3.73. The lowest BCUT2D eigenvalue weighted by atomic mass is 9.97. The number of hydrogen-bond acceptors (Lipinski definition) is 3. The highest BCUT2D eigenvalue weighted by atomic mass is 35.5. The molecule has 0 spiro atoms. The van der Waals surface area contributed by atoms with Gasteiger partial charge >= 0.3 is 0 Å². The topological polar surface area (TPSA) is 70.2 Å². The van der Waals surface area contributed by atoms with Gasteiger partial charge in [0, 0.05) is 18.5 Å². The van der Waals surface area contributed by atoms with Crippen LogP contribution in [0.5, 0.6) is 0 Å². The third-order valence-electron chi connectivity index (χ3n) is 3.73. The fourth-order valence-corrected chi connectivity index (χ4v) is 2.50. The van der Waals surface area contributed by atoms with Gasteiger partial charge in [0.1, 0.15) is 0 Å². The Labute approximate surface area is 137 Å². The van der Waals surface area contributed by atoms with Crippen LogP contribution in [0.15, 0.2) is 18.2 Å². The molecule has 0 aliphatic carbocycles. The average Bonchev–Trinajstić information content (AvgIpc) is 2.46. The Morgan fingerprint density at radius 2 is 2.14 bits per heavy atom. The molecule has 22 heavy (non-hydrogen) atoms. The first-order chi connectivity index (χ1) is 10.1. The molecule has 0 bridgehead atoms. The van der Waals surface area contributed by atoms with E-state index in [1.807, 2.05) is 26.1 Å². The number of amides is 2. The Balaban J connectivity index is 0.00000242. The normalized spacial score (nSPS) is 14.4. The van der Waals surface area contributed by atoms with Gasteiger partial charge in [0.2, 0.25) is 11.8 Å². The molecule has 1 aliphatic rings. The van der Waals surface area contributed by atoms with Crippen LogP contribution in [-0.4, -0.2) is 25.4 Å². The van der Waals surface area contributed by atoms with Crippen molar-refractivity contribution in [1.29, 1.82) is 0 Å². The summed E-state index contributed by atoms with van der Waals surface area (Å²) in [6.45, 7) is 2.83. The van der Waals surface area contributed by atoms with Crippen molar-refractivity contribution >= 4 is 29.9 Å². The van der Waals surface area contributed by atoms with E-state index < -0.39 is 0 Å². The van der Waals surface area contributed by atoms with E-state index in [1.54, 1.807) is 0 Å². The molecule has 1 aromatic rings. The molecule has 0 radical (unpaired) electrons. The van der Waals surface area contributed by atoms with Gasteiger partial charge in [-0.25, -0.2) is 0 Å². The summed E-state index contributed by atoms with van der Waals surface area (Å²) in [4.78, 5) is 23.2. The zero-order chi connectivity index (χ0) is 15.2. The molecule has 1 aliphatic heterocycles. The maximum Gasteiger partial charge on any atom is 0.224 e. The summed E-state index contributed by atoms with van der Waals surface area (Å²) in [6, 6.07) is 5.94. The van der Waals surface area contributed by atoms with Crippen LogP contribution in [0.1, 0.15) is 43.4 Å². The van der Waals surface area contributed by atoms with Gasteiger partial charge in [-0.05, 0) is 50.6 Å². The van der Waals surface area contributed by atoms with Crippen molar-refractivity contribution in [3.8, 4) is 0 Å². The lowest BCUT2D eigenvalue weighted by Gasteiger charge is -2.20. The number of aryl methyl sites for hydroxylation is 1. The molecule has 0 aromatic heterocycles. The van der Waals surface area contributed by atoms with Gasteiger partial charge in [0.05, 0.1) is 6.04 Å². The molecule has 2 amide bonds. The molecule has 1 atom stereocenters. The summed E-state index contributed by atoms with van der Waals surface area (Å²) in [5.41, 5.74) is 3.11. The summed E-state index contributed by atoms with van der Waals surface area (Å²) in [7, 11) is 1.88. The zero-order valence-corrected chi connectivity index (χ0v) is 13.9. The molecular weight excluding hydrogens is 302 g/mol. The number of hydrogen-bond donors (Lipinski definition) is 3. The van der Waals surface area contributed by atoms with Crippen molar-refractivity contribution < 1.29 is 9.59 Å². The van der Waals surface area contributed by atoms with Gasteiger partial charge in [0.25, 0.3) is 0 Å². The fourth-order valence-electron chi connectivity index (χ4n) is 2.50. The molecule has 0 fully saturated rings. The molecule has 1 heterocycles. The third kappa shape index (κ3) is 5.00. The highest BCUT2D eigenvalue weighted by Gasteiger charge is 2.17. The summed E-state index contributed by atoms with van der Waals surface area (Å²) < 4.78 is 0. The monoisotopic (exact) mass is 325 g/mol. The Morgan fingerprint density at radius 3 is 2.86 bits per heavy atom. The highest BCUT2D eigenvalue weighted by Crippen LogP contribution is 2.26. The first kappa shape index (κ1) is 18.5. The smallest absolute Gasteiger partial charge is 0.224 e.